The van der Waals surface area contributed by atoms with Gasteiger partial charge in [-0.15, -0.1) is 0 Å². The largest absolute Gasteiger partial charge is 0.383 e. The fourth-order valence-corrected chi connectivity index (χ4v) is 2.70. The summed E-state index contributed by atoms with van der Waals surface area (Å²) in [6.07, 6.45) is 0. The Morgan fingerprint density at radius 3 is 2.82 bits per heavy atom. The highest BCUT2D eigenvalue weighted by Gasteiger charge is 2.14. The van der Waals surface area contributed by atoms with E-state index in [1.165, 1.54) is 5.56 Å². The summed E-state index contributed by atoms with van der Waals surface area (Å²) in [7, 11) is 0. The molecule has 5 heteroatoms. The van der Waals surface area contributed by atoms with Gasteiger partial charge in [-0.05, 0) is 30.7 Å². The third-order valence-corrected chi connectivity index (χ3v) is 3.71. The summed E-state index contributed by atoms with van der Waals surface area (Å²) >= 11 is 0. The molecule has 0 aliphatic heterocycles. The Balaban J connectivity index is 2.01. The van der Waals surface area contributed by atoms with E-state index >= 15 is 0 Å². The SMILES string of the molecule is Cc1cccc(Nc2c3ccccc3nc3n[nH]c(N)c23)c1. The van der Waals surface area contributed by atoms with Gasteiger partial charge in [-0.3, -0.25) is 5.10 Å². The number of aryl methyl sites for hydroxylation is 1. The van der Waals surface area contributed by atoms with Crippen molar-refractivity contribution in [3.63, 3.8) is 0 Å². The highest BCUT2D eigenvalue weighted by atomic mass is 15.2. The Morgan fingerprint density at radius 2 is 1.95 bits per heavy atom. The van der Waals surface area contributed by atoms with Crippen molar-refractivity contribution in [2.75, 3.05) is 11.1 Å². The molecule has 0 spiro atoms. The van der Waals surface area contributed by atoms with Crippen LogP contribution in [0.15, 0.2) is 48.5 Å². The molecular formula is C17H15N5. The van der Waals surface area contributed by atoms with Crippen molar-refractivity contribution in [1.82, 2.24) is 15.2 Å². The summed E-state index contributed by atoms with van der Waals surface area (Å²) < 4.78 is 0. The maximum Gasteiger partial charge on any atom is 0.185 e. The van der Waals surface area contributed by atoms with E-state index in [4.69, 9.17) is 5.73 Å². The van der Waals surface area contributed by atoms with Gasteiger partial charge in [0.2, 0.25) is 0 Å². The van der Waals surface area contributed by atoms with E-state index in [0.717, 1.165) is 27.7 Å². The number of nitrogens with one attached hydrogen (secondary N) is 2. The second-order valence-corrected chi connectivity index (χ2v) is 5.33. The van der Waals surface area contributed by atoms with Gasteiger partial charge in [0.15, 0.2) is 5.65 Å². The van der Waals surface area contributed by atoms with Gasteiger partial charge in [0.1, 0.15) is 5.82 Å². The van der Waals surface area contributed by atoms with Crippen LogP contribution in [-0.2, 0) is 0 Å². The average molecular weight is 289 g/mol. The van der Waals surface area contributed by atoms with Crippen LogP contribution in [0.2, 0.25) is 0 Å². The van der Waals surface area contributed by atoms with E-state index in [0.29, 0.717) is 11.5 Å². The second-order valence-electron chi connectivity index (χ2n) is 5.33. The summed E-state index contributed by atoms with van der Waals surface area (Å²) in [6.45, 7) is 2.07. The van der Waals surface area contributed by atoms with Crippen LogP contribution < -0.4 is 11.1 Å². The van der Waals surface area contributed by atoms with Gasteiger partial charge in [0, 0.05) is 11.1 Å². The van der Waals surface area contributed by atoms with E-state index in [2.05, 4.69) is 39.6 Å². The molecule has 0 amide bonds. The van der Waals surface area contributed by atoms with Gasteiger partial charge >= 0.3 is 0 Å². The van der Waals surface area contributed by atoms with Crippen LogP contribution in [0.1, 0.15) is 5.56 Å². The molecule has 2 aromatic heterocycles. The number of nitrogens with two attached hydrogens (primary N) is 1. The maximum absolute atomic E-state index is 6.05. The molecule has 0 bridgehead atoms. The normalized spacial score (nSPS) is 11.1. The summed E-state index contributed by atoms with van der Waals surface area (Å²) in [5.41, 5.74) is 10.7. The molecule has 4 aromatic rings. The fraction of sp³-hybridized carbons (Fsp3) is 0.0588. The van der Waals surface area contributed by atoms with Gasteiger partial charge in [-0.25, -0.2) is 4.98 Å². The minimum Gasteiger partial charge on any atom is -0.383 e. The molecule has 0 saturated heterocycles. The van der Waals surface area contributed by atoms with E-state index in [9.17, 15) is 0 Å². The zero-order valence-corrected chi connectivity index (χ0v) is 12.1. The summed E-state index contributed by atoms with van der Waals surface area (Å²) in [5.74, 6) is 0.517. The summed E-state index contributed by atoms with van der Waals surface area (Å²) in [4.78, 5) is 4.56. The molecule has 22 heavy (non-hydrogen) atoms. The molecule has 0 unspecified atom stereocenters. The molecule has 4 N–H and O–H groups in total. The Kier molecular flexibility index (Phi) is 2.72. The minimum atomic E-state index is 0.517. The standard InChI is InChI=1S/C17H15N5/c1-10-5-4-6-11(9-10)19-15-12-7-2-3-8-13(12)20-17-14(15)16(18)21-22-17/h2-9H,1H3,(H4,18,19,20,21,22). The monoisotopic (exact) mass is 289 g/mol. The number of rotatable bonds is 2. The number of benzene rings is 2. The van der Waals surface area contributed by atoms with E-state index in [1.807, 2.05) is 36.4 Å². The maximum atomic E-state index is 6.05. The van der Waals surface area contributed by atoms with Crippen LogP contribution in [0.5, 0.6) is 0 Å². The molecule has 2 aromatic carbocycles. The Labute approximate surface area is 127 Å². The third-order valence-electron chi connectivity index (χ3n) is 3.71. The number of H-pyrrole nitrogens is 1. The number of nitrogens with zero attached hydrogens (tertiary/aromatic N) is 2. The smallest absolute Gasteiger partial charge is 0.185 e. The van der Waals surface area contributed by atoms with E-state index < -0.39 is 0 Å². The van der Waals surface area contributed by atoms with Crippen LogP contribution >= 0.6 is 0 Å². The lowest BCUT2D eigenvalue weighted by Crippen LogP contribution is -1.96. The van der Waals surface area contributed by atoms with Crippen LogP contribution in [0.4, 0.5) is 17.2 Å². The topological polar surface area (TPSA) is 79.6 Å². The van der Waals surface area contributed by atoms with Crippen molar-refractivity contribution in [2.24, 2.45) is 0 Å². The van der Waals surface area contributed by atoms with Crippen molar-refractivity contribution in [2.45, 2.75) is 6.92 Å². The van der Waals surface area contributed by atoms with Crippen molar-refractivity contribution in [1.29, 1.82) is 0 Å². The number of pyridine rings is 1. The molecule has 4 rings (SSSR count). The molecule has 0 atom stereocenters. The number of hydrogen-bond donors (Lipinski definition) is 3. The van der Waals surface area contributed by atoms with Gasteiger partial charge in [0.25, 0.3) is 0 Å². The first-order valence-corrected chi connectivity index (χ1v) is 7.08. The first-order chi connectivity index (χ1) is 10.7. The molecule has 0 saturated carbocycles. The first-order valence-electron chi connectivity index (χ1n) is 7.08. The highest BCUT2D eigenvalue weighted by molar-refractivity contribution is 6.11. The average Bonchev–Trinajstić information content (AvgIpc) is 2.88. The quantitative estimate of drug-likeness (QED) is 0.525. The zero-order valence-electron chi connectivity index (χ0n) is 12.1. The van der Waals surface area contributed by atoms with E-state index in [-0.39, 0.29) is 0 Å². The van der Waals surface area contributed by atoms with Gasteiger partial charge in [-0.2, -0.15) is 5.10 Å². The molecule has 0 aliphatic carbocycles. The van der Waals surface area contributed by atoms with Crippen molar-refractivity contribution >= 4 is 39.1 Å². The Morgan fingerprint density at radius 1 is 1.09 bits per heavy atom. The predicted molar refractivity (Wildman–Crippen MR) is 90.3 cm³/mol. The number of para-hydroxylation sites is 1. The number of aromatic nitrogens is 3. The van der Waals surface area contributed by atoms with Crippen molar-refractivity contribution in [3.05, 3.63) is 54.1 Å². The van der Waals surface area contributed by atoms with Crippen LogP contribution in [0, 0.1) is 6.92 Å². The lowest BCUT2D eigenvalue weighted by atomic mass is 10.1. The highest BCUT2D eigenvalue weighted by Crippen LogP contribution is 2.35. The number of nitrogen functional groups attached to an aromatic ring is 1. The number of hydrogen-bond acceptors (Lipinski definition) is 4. The van der Waals surface area contributed by atoms with Crippen LogP contribution in [0.25, 0.3) is 21.9 Å². The summed E-state index contributed by atoms with van der Waals surface area (Å²) in [6, 6.07) is 16.2. The van der Waals surface area contributed by atoms with Gasteiger partial charge < -0.3 is 11.1 Å². The van der Waals surface area contributed by atoms with E-state index in [1.54, 1.807) is 0 Å². The molecule has 0 fully saturated rings. The molecule has 5 nitrogen and oxygen atoms in total. The number of fused-ring (bicyclic) bond motifs is 2. The Bertz CT molecular complexity index is 987. The third kappa shape index (κ3) is 1.95. The van der Waals surface area contributed by atoms with Crippen molar-refractivity contribution < 1.29 is 0 Å². The van der Waals surface area contributed by atoms with Gasteiger partial charge in [0.05, 0.1) is 16.6 Å². The number of anilines is 3. The Hall–Kier alpha value is -3.08. The second kappa shape index (κ2) is 4.73. The molecule has 108 valence electrons. The lowest BCUT2D eigenvalue weighted by Gasteiger charge is -2.12. The zero-order chi connectivity index (χ0) is 15.1. The lowest BCUT2D eigenvalue weighted by molar-refractivity contribution is 1.11. The minimum absolute atomic E-state index is 0.517. The molecule has 2 heterocycles. The van der Waals surface area contributed by atoms with Crippen molar-refractivity contribution in [3.8, 4) is 0 Å². The van der Waals surface area contributed by atoms with Gasteiger partial charge in [-0.1, -0.05) is 30.3 Å². The molecular weight excluding hydrogens is 274 g/mol. The van der Waals surface area contributed by atoms with Crippen LogP contribution in [0.3, 0.4) is 0 Å². The first kappa shape index (κ1) is 12.6. The summed E-state index contributed by atoms with van der Waals surface area (Å²) in [5, 5.41) is 12.3. The predicted octanol–water partition coefficient (Wildman–Crippen LogP) is 3.75. The number of aromatic amines is 1. The van der Waals surface area contributed by atoms with Crippen LogP contribution in [-0.4, -0.2) is 15.2 Å². The fourth-order valence-electron chi connectivity index (χ4n) is 2.70. The molecule has 0 aliphatic rings. The molecule has 0 radical (unpaired) electrons.